The number of ether oxygens (including phenoxy) is 1. The minimum absolute atomic E-state index is 0.0550. The standard InChI is InChI=1S/C23H31NO3S/c1-15(2)24(21(25)17-10-8-16(3)9-11-17)19-14-18(12-13-23(4,5)6)28-20(19)22(26)27-7/h8,14-15,17H,9-11H2,1-7H3. The number of methoxy groups -OCH3 is 1. The van der Waals surface area contributed by atoms with Gasteiger partial charge in [-0.3, -0.25) is 4.79 Å². The van der Waals surface area contributed by atoms with Crippen molar-refractivity contribution in [1.82, 2.24) is 0 Å². The highest BCUT2D eigenvalue weighted by Gasteiger charge is 2.32. The molecule has 1 aliphatic rings. The molecule has 1 aromatic rings. The molecule has 0 N–H and O–H groups in total. The van der Waals surface area contributed by atoms with Gasteiger partial charge in [0, 0.05) is 17.4 Å². The van der Waals surface area contributed by atoms with Crippen molar-refractivity contribution in [3.05, 3.63) is 27.5 Å². The molecule has 0 saturated carbocycles. The number of anilines is 1. The summed E-state index contributed by atoms with van der Waals surface area (Å²) in [5, 5.41) is 0. The molecule has 0 saturated heterocycles. The molecule has 0 fully saturated rings. The van der Waals surface area contributed by atoms with Crippen molar-refractivity contribution in [3.8, 4) is 11.8 Å². The van der Waals surface area contributed by atoms with Gasteiger partial charge in [0.2, 0.25) is 5.91 Å². The topological polar surface area (TPSA) is 46.6 Å². The van der Waals surface area contributed by atoms with E-state index in [-0.39, 0.29) is 23.3 Å². The van der Waals surface area contributed by atoms with Gasteiger partial charge in [0.05, 0.1) is 17.7 Å². The van der Waals surface area contributed by atoms with E-state index < -0.39 is 5.97 Å². The van der Waals surface area contributed by atoms with E-state index in [1.165, 1.54) is 24.0 Å². The van der Waals surface area contributed by atoms with Crippen LogP contribution < -0.4 is 4.90 Å². The Kier molecular flexibility index (Phi) is 7.11. The van der Waals surface area contributed by atoms with Crippen LogP contribution in [0.1, 0.15) is 75.4 Å². The van der Waals surface area contributed by atoms with Crippen molar-refractivity contribution < 1.29 is 14.3 Å². The third kappa shape index (κ3) is 5.48. The van der Waals surface area contributed by atoms with E-state index in [0.717, 1.165) is 24.1 Å². The Balaban J connectivity index is 2.47. The zero-order chi connectivity index (χ0) is 21.1. The van der Waals surface area contributed by atoms with Gasteiger partial charge >= 0.3 is 5.97 Å². The summed E-state index contributed by atoms with van der Waals surface area (Å²) in [6.45, 7) is 12.2. The Bertz CT molecular complexity index is 830. The molecule has 2 rings (SSSR count). The summed E-state index contributed by atoms with van der Waals surface area (Å²) in [5.41, 5.74) is 1.81. The largest absolute Gasteiger partial charge is 0.465 e. The van der Waals surface area contributed by atoms with E-state index >= 15 is 0 Å². The second-order valence-corrected chi connectivity index (χ2v) is 9.69. The number of hydrogen-bond donors (Lipinski definition) is 0. The molecular weight excluding hydrogens is 370 g/mol. The summed E-state index contributed by atoms with van der Waals surface area (Å²) < 4.78 is 4.98. The van der Waals surface area contributed by atoms with E-state index in [0.29, 0.717) is 10.6 Å². The van der Waals surface area contributed by atoms with Gasteiger partial charge in [-0.1, -0.05) is 23.5 Å². The fraction of sp³-hybridized carbons (Fsp3) is 0.565. The Labute approximate surface area is 173 Å². The highest BCUT2D eigenvalue weighted by Crippen LogP contribution is 2.35. The minimum Gasteiger partial charge on any atom is -0.465 e. The van der Waals surface area contributed by atoms with Crippen molar-refractivity contribution in [2.24, 2.45) is 11.3 Å². The summed E-state index contributed by atoms with van der Waals surface area (Å²) >= 11 is 1.29. The molecule has 1 aliphatic carbocycles. The normalized spacial score (nSPS) is 16.9. The molecule has 0 bridgehead atoms. The number of nitrogens with zero attached hydrogens (tertiary/aromatic N) is 1. The number of rotatable bonds is 4. The van der Waals surface area contributed by atoms with Crippen LogP contribution in [0.15, 0.2) is 17.7 Å². The fourth-order valence-corrected chi connectivity index (χ4v) is 4.07. The average Bonchev–Trinajstić information content (AvgIpc) is 3.03. The van der Waals surface area contributed by atoms with Crippen molar-refractivity contribution in [1.29, 1.82) is 0 Å². The molecule has 0 spiro atoms. The van der Waals surface area contributed by atoms with Gasteiger partial charge in [0.1, 0.15) is 4.88 Å². The van der Waals surface area contributed by atoms with Gasteiger partial charge in [-0.15, -0.1) is 11.3 Å². The first-order valence-corrected chi connectivity index (χ1v) is 10.6. The van der Waals surface area contributed by atoms with Crippen molar-refractivity contribution in [3.63, 3.8) is 0 Å². The molecule has 0 aliphatic heterocycles. The first-order valence-electron chi connectivity index (χ1n) is 9.77. The van der Waals surface area contributed by atoms with Crippen molar-refractivity contribution in [2.45, 2.75) is 66.8 Å². The summed E-state index contributed by atoms with van der Waals surface area (Å²) in [5.74, 6) is 5.94. The maximum absolute atomic E-state index is 13.3. The van der Waals surface area contributed by atoms with Crippen LogP contribution in [-0.4, -0.2) is 25.0 Å². The number of carbonyl (C=O) groups excluding carboxylic acids is 2. The third-order valence-corrected chi connectivity index (χ3v) is 5.66. The second-order valence-electron chi connectivity index (χ2n) is 8.64. The first-order chi connectivity index (χ1) is 13.0. The summed E-state index contributed by atoms with van der Waals surface area (Å²) in [7, 11) is 1.36. The van der Waals surface area contributed by atoms with Crippen LogP contribution in [0.5, 0.6) is 0 Å². The van der Waals surface area contributed by atoms with Crippen LogP contribution in [0.3, 0.4) is 0 Å². The Morgan fingerprint density at radius 3 is 2.50 bits per heavy atom. The molecule has 5 heteroatoms. The molecule has 28 heavy (non-hydrogen) atoms. The van der Waals surface area contributed by atoms with Crippen LogP contribution in [0.4, 0.5) is 5.69 Å². The maximum atomic E-state index is 13.3. The lowest BCUT2D eigenvalue weighted by Gasteiger charge is -2.31. The van der Waals surface area contributed by atoms with E-state index in [4.69, 9.17) is 4.74 Å². The highest BCUT2D eigenvalue weighted by atomic mass is 32.1. The number of hydrogen-bond acceptors (Lipinski definition) is 4. The van der Waals surface area contributed by atoms with Crippen LogP contribution in [0.25, 0.3) is 0 Å². The quantitative estimate of drug-likeness (QED) is 0.384. The van der Waals surface area contributed by atoms with Crippen LogP contribution >= 0.6 is 11.3 Å². The molecule has 0 aromatic carbocycles. The van der Waals surface area contributed by atoms with Gasteiger partial charge < -0.3 is 9.64 Å². The number of thiophene rings is 1. The Morgan fingerprint density at radius 2 is 2.00 bits per heavy atom. The van der Waals surface area contributed by atoms with Gasteiger partial charge in [0.15, 0.2) is 0 Å². The lowest BCUT2D eigenvalue weighted by atomic mass is 9.89. The number of esters is 1. The average molecular weight is 402 g/mol. The number of amides is 1. The molecule has 1 atom stereocenters. The third-order valence-electron chi connectivity index (χ3n) is 4.64. The summed E-state index contributed by atoms with van der Waals surface area (Å²) in [6, 6.07) is 1.79. The summed E-state index contributed by atoms with van der Waals surface area (Å²) in [4.78, 5) is 28.7. The lowest BCUT2D eigenvalue weighted by molar-refractivity contribution is -0.123. The van der Waals surface area contributed by atoms with Crippen LogP contribution in [0.2, 0.25) is 0 Å². The predicted octanol–water partition coefficient (Wildman–Crippen LogP) is 5.42. The first kappa shape index (κ1) is 22.2. The SMILES string of the molecule is COC(=O)c1sc(C#CC(C)(C)C)cc1N(C(=O)C1CC=C(C)CC1)C(C)C. The second kappa shape index (κ2) is 8.96. The van der Waals surface area contributed by atoms with Crippen molar-refractivity contribution >= 4 is 28.9 Å². The van der Waals surface area contributed by atoms with Crippen LogP contribution in [-0.2, 0) is 9.53 Å². The van der Waals surface area contributed by atoms with Gasteiger partial charge in [0.25, 0.3) is 0 Å². The molecule has 1 unspecified atom stereocenters. The number of allylic oxidation sites excluding steroid dienone is 2. The highest BCUT2D eigenvalue weighted by molar-refractivity contribution is 7.15. The fourth-order valence-electron chi connectivity index (χ4n) is 3.15. The lowest BCUT2D eigenvalue weighted by Crippen LogP contribution is -2.42. The minimum atomic E-state index is -0.429. The van der Waals surface area contributed by atoms with E-state index in [1.54, 1.807) is 4.90 Å². The zero-order valence-corrected chi connectivity index (χ0v) is 18.8. The van der Waals surface area contributed by atoms with E-state index in [9.17, 15) is 9.59 Å². The molecule has 4 nitrogen and oxygen atoms in total. The van der Waals surface area contributed by atoms with Gasteiger partial charge in [-0.2, -0.15) is 0 Å². The van der Waals surface area contributed by atoms with E-state index in [2.05, 4.69) is 24.8 Å². The molecule has 1 amide bonds. The molecule has 0 radical (unpaired) electrons. The number of carbonyl (C=O) groups is 2. The zero-order valence-electron chi connectivity index (χ0n) is 18.0. The Morgan fingerprint density at radius 1 is 1.32 bits per heavy atom. The van der Waals surface area contributed by atoms with Gasteiger partial charge in [-0.05, 0) is 66.9 Å². The predicted molar refractivity (Wildman–Crippen MR) is 116 cm³/mol. The van der Waals surface area contributed by atoms with Crippen molar-refractivity contribution in [2.75, 3.05) is 12.0 Å². The molecule has 152 valence electrons. The van der Waals surface area contributed by atoms with E-state index in [1.807, 2.05) is 40.7 Å². The smallest absolute Gasteiger partial charge is 0.350 e. The van der Waals surface area contributed by atoms with Gasteiger partial charge in [-0.25, -0.2) is 4.79 Å². The maximum Gasteiger partial charge on any atom is 0.350 e. The summed E-state index contributed by atoms with van der Waals surface area (Å²) in [6.07, 6.45) is 4.69. The molecule has 1 heterocycles. The van der Waals surface area contributed by atoms with Crippen LogP contribution in [0, 0.1) is 23.2 Å². The Hall–Kier alpha value is -2.06. The molecular formula is C23H31NO3S. The molecule has 1 aromatic heterocycles. The monoisotopic (exact) mass is 401 g/mol.